The van der Waals surface area contributed by atoms with Crippen LogP contribution in [0.4, 0.5) is 0 Å². The standard InChI is InChI=1S/C10H14O3/c1-9(2)8-6(11)4-10(8,3)5-7(12)13-9/h8H,4-5H2,1-3H3. The number of hydrogen-bond acceptors (Lipinski definition) is 3. The van der Waals surface area contributed by atoms with E-state index in [-0.39, 0.29) is 23.1 Å². The molecule has 72 valence electrons. The van der Waals surface area contributed by atoms with E-state index in [4.69, 9.17) is 4.74 Å². The lowest BCUT2D eigenvalue weighted by atomic mass is 9.52. The zero-order valence-electron chi connectivity index (χ0n) is 8.22. The number of carbonyl (C=O) groups excluding carboxylic acids is 2. The molecule has 0 amide bonds. The van der Waals surface area contributed by atoms with Gasteiger partial charge in [0.15, 0.2) is 0 Å². The molecule has 1 saturated heterocycles. The maximum Gasteiger partial charge on any atom is 0.306 e. The van der Waals surface area contributed by atoms with Crippen molar-refractivity contribution >= 4 is 11.8 Å². The van der Waals surface area contributed by atoms with Crippen LogP contribution in [-0.2, 0) is 14.3 Å². The minimum atomic E-state index is -0.598. The minimum absolute atomic E-state index is 0.0855. The molecule has 1 heterocycles. The van der Waals surface area contributed by atoms with Gasteiger partial charge in [0.25, 0.3) is 0 Å². The van der Waals surface area contributed by atoms with Crippen LogP contribution in [0.5, 0.6) is 0 Å². The summed E-state index contributed by atoms with van der Waals surface area (Å²) in [5.74, 6) is -0.0195. The summed E-state index contributed by atoms with van der Waals surface area (Å²) in [7, 11) is 0. The summed E-state index contributed by atoms with van der Waals surface area (Å²) < 4.78 is 5.18. The molecule has 2 unspecified atom stereocenters. The van der Waals surface area contributed by atoms with E-state index in [1.165, 1.54) is 0 Å². The van der Waals surface area contributed by atoms with E-state index in [2.05, 4.69) is 0 Å². The van der Waals surface area contributed by atoms with E-state index in [1.54, 1.807) is 0 Å². The number of hydrogen-bond donors (Lipinski definition) is 0. The van der Waals surface area contributed by atoms with Crippen LogP contribution in [0.3, 0.4) is 0 Å². The molecule has 1 aliphatic carbocycles. The fourth-order valence-corrected chi connectivity index (χ4v) is 2.97. The highest BCUT2D eigenvalue weighted by Gasteiger charge is 2.62. The topological polar surface area (TPSA) is 43.4 Å². The lowest BCUT2D eigenvalue weighted by Gasteiger charge is -2.55. The molecule has 0 N–H and O–H groups in total. The Morgan fingerprint density at radius 2 is 1.85 bits per heavy atom. The van der Waals surface area contributed by atoms with Gasteiger partial charge < -0.3 is 4.74 Å². The van der Waals surface area contributed by atoms with E-state index in [1.807, 2.05) is 20.8 Å². The second-order valence-electron chi connectivity index (χ2n) is 4.98. The smallest absolute Gasteiger partial charge is 0.306 e. The van der Waals surface area contributed by atoms with Crippen LogP contribution in [0.15, 0.2) is 0 Å². The number of ketones is 1. The average Bonchev–Trinajstić information content (AvgIpc) is 1.77. The summed E-state index contributed by atoms with van der Waals surface area (Å²) in [5, 5.41) is 0. The van der Waals surface area contributed by atoms with E-state index in [0.29, 0.717) is 12.8 Å². The van der Waals surface area contributed by atoms with E-state index in [9.17, 15) is 9.59 Å². The first-order chi connectivity index (χ1) is 5.85. The number of Topliss-reactive ketones (excluding diaryl/α,β-unsaturated/α-hetero) is 1. The van der Waals surface area contributed by atoms with Gasteiger partial charge in [0.05, 0.1) is 12.3 Å². The number of cyclic esters (lactones) is 1. The third-order valence-electron chi connectivity index (χ3n) is 3.22. The maximum atomic E-state index is 11.4. The van der Waals surface area contributed by atoms with Crippen molar-refractivity contribution < 1.29 is 14.3 Å². The number of rotatable bonds is 0. The average molecular weight is 182 g/mol. The van der Waals surface area contributed by atoms with Gasteiger partial charge in [0.2, 0.25) is 0 Å². The van der Waals surface area contributed by atoms with Crippen molar-refractivity contribution in [2.45, 2.75) is 39.2 Å². The molecule has 2 atom stereocenters. The first kappa shape index (κ1) is 8.73. The summed E-state index contributed by atoms with van der Waals surface area (Å²) >= 11 is 0. The highest BCUT2D eigenvalue weighted by molar-refractivity contribution is 5.93. The van der Waals surface area contributed by atoms with Gasteiger partial charge in [0.1, 0.15) is 11.4 Å². The fraction of sp³-hybridized carbons (Fsp3) is 0.800. The normalized spacial score (nSPS) is 41.9. The molecule has 2 fully saturated rings. The van der Waals surface area contributed by atoms with Crippen LogP contribution in [0.1, 0.15) is 33.6 Å². The van der Waals surface area contributed by atoms with Crippen LogP contribution in [0.2, 0.25) is 0 Å². The molecular formula is C10H14O3. The zero-order chi connectivity index (χ0) is 9.85. The Kier molecular flexibility index (Phi) is 1.44. The molecule has 0 aromatic carbocycles. The van der Waals surface area contributed by atoms with Gasteiger partial charge >= 0.3 is 5.97 Å². The van der Waals surface area contributed by atoms with E-state index >= 15 is 0 Å². The molecule has 0 spiro atoms. The lowest BCUT2D eigenvalue weighted by Crippen LogP contribution is -2.62. The zero-order valence-corrected chi connectivity index (χ0v) is 8.22. The number of esters is 1. The van der Waals surface area contributed by atoms with E-state index in [0.717, 1.165) is 0 Å². The van der Waals surface area contributed by atoms with Gasteiger partial charge in [-0.05, 0) is 19.3 Å². The summed E-state index contributed by atoms with van der Waals surface area (Å²) in [6.07, 6.45) is 0.934. The van der Waals surface area contributed by atoms with Gasteiger partial charge in [-0.1, -0.05) is 6.92 Å². The first-order valence-corrected chi connectivity index (χ1v) is 4.60. The second-order valence-corrected chi connectivity index (χ2v) is 4.98. The SMILES string of the molecule is CC12CC(=O)OC(C)(C)C1C(=O)C2. The summed E-state index contributed by atoms with van der Waals surface area (Å²) in [5.41, 5.74) is -0.727. The van der Waals surface area contributed by atoms with Gasteiger partial charge in [0, 0.05) is 6.42 Å². The van der Waals surface area contributed by atoms with Gasteiger partial charge in [-0.3, -0.25) is 9.59 Å². The van der Waals surface area contributed by atoms with Crippen molar-refractivity contribution in [3.05, 3.63) is 0 Å². The van der Waals surface area contributed by atoms with Crippen LogP contribution in [0.25, 0.3) is 0 Å². The largest absolute Gasteiger partial charge is 0.459 e. The molecule has 3 nitrogen and oxygen atoms in total. The number of carbonyl (C=O) groups is 2. The molecule has 0 aromatic heterocycles. The molecule has 0 aromatic rings. The third-order valence-corrected chi connectivity index (χ3v) is 3.22. The summed E-state index contributed by atoms with van der Waals surface area (Å²) in [6, 6.07) is 0. The Bertz CT molecular complexity index is 275. The number of ether oxygens (including phenoxy) is 1. The predicted octanol–water partition coefficient (Wildman–Crippen LogP) is 1.31. The van der Waals surface area contributed by atoms with Gasteiger partial charge in [-0.2, -0.15) is 0 Å². The maximum absolute atomic E-state index is 11.4. The van der Waals surface area contributed by atoms with E-state index < -0.39 is 5.60 Å². The van der Waals surface area contributed by atoms with Crippen molar-refractivity contribution in [3.63, 3.8) is 0 Å². The second kappa shape index (κ2) is 2.14. The molecule has 2 rings (SSSR count). The molecule has 13 heavy (non-hydrogen) atoms. The summed E-state index contributed by atoms with van der Waals surface area (Å²) in [6.45, 7) is 5.65. The predicted molar refractivity (Wildman–Crippen MR) is 46.0 cm³/mol. The van der Waals surface area contributed by atoms with Gasteiger partial charge in [-0.15, -0.1) is 0 Å². The first-order valence-electron chi connectivity index (χ1n) is 4.60. The van der Waals surface area contributed by atoms with Crippen molar-refractivity contribution in [2.75, 3.05) is 0 Å². The Morgan fingerprint density at radius 3 is 2.31 bits per heavy atom. The Labute approximate surface area is 77.4 Å². The Balaban J connectivity index is 2.34. The molecule has 3 heteroatoms. The highest BCUT2D eigenvalue weighted by atomic mass is 16.6. The van der Waals surface area contributed by atoms with Crippen LogP contribution in [-0.4, -0.2) is 17.4 Å². The molecule has 1 aliphatic heterocycles. The molecule has 1 saturated carbocycles. The minimum Gasteiger partial charge on any atom is -0.459 e. The number of fused-ring (bicyclic) bond motifs is 1. The third kappa shape index (κ3) is 1.02. The van der Waals surface area contributed by atoms with Crippen molar-refractivity contribution in [1.29, 1.82) is 0 Å². The fourth-order valence-electron chi connectivity index (χ4n) is 2.97. The Morgan fingerprint density at radius 1 is 1.23 bits per heavy atom. The van der Waals surface area contributed by atoms with Crippen molar-refractivity contribution in [3.8, 4) is 0 Å². The van der Waals surface area contributed by atoms with Crippen LogP contribution < -0.4 is 0 Å². The Hall–Kier alpha value is -0.860. The summed E-state index contributed by atoms with van der Waals surface area (Å²) in [4.78, 5) is 22.6. The van der Waals surface area contributed by atoms with Crippen LogP contribution in [0, 0.1) is 11.3 Å². The molecule has 2 aliphatic rings. The highest BCUT2D eigenvalue weighted by Crippen LogP contribution is 2.55. The quantitative estimate of drug-likeness (QED) is 0.530. The molecule has 0 bridgehead atoms. The van der Waals surface area contributed by atoms with Gasteiger partial charge in [-0.25, -0.2) is 0 Å². The van der Waals surface area contributed by atoms with Crippen molar-refractivity contribution in [2.24, 2.45) is 11.3 Å². The lowest BCUT2D eigenvalue weighted by molar-refractivity contribution is -0.203. The van der Waals surface area contributed by atoms with Crippen LogP contribution >= 0.6 is 0 Å². The molecule has 0 radical (unpaired) electrons. The van der Waals surface area contributed by atoms with Crippen molar-refractivity contribution in [1.82, 2.24) is 0 Å². The monoisotopic (exact) mass is 182 g/mol. The molecular weight excluding hydrogens is 168 g/mol.